The molecule has 0 aliphatic rings. The number of hydrogen-bond acceptors (Lipinski definition) is 2. The molecular formula is C28H32Cl2N2O2. The SMILES string of the molecule is CC[C@H](C(=O)NC(C)(C)C)N(Cc1c(Cl)cccc1Cl)C(=O)CCc1cccc2ccccc12. The van der Waals surface area contributed by atoms with Crippen molar-refractivity contribution in [3.05, 3.63) is 81.8 Å². The van der Waals surface area contributed by atoms with Crippen molar-refractivity contribution >= 4 is 45.8 Å². The number of benzene rings is 3. The minimum atomic E-state index is -0.633. The smallest absolute Gasteiger partial charge is 0.243 e. The fourth-order valence-electron chi connectivity index (χ4n) is 4.12. The van der Waals surface area contributed by atoms with Crippen LogP contribution in [0.5, 0.6) is 0 Å². The van der Waals surface area contributed by atoms with Crippen LogP contribution in [0, 0.1) is 0 Å². The largest absolute Gasteiger partial charge is 0.350 e. The Morgan fingerprint density at radius 3 is 2.21 bits per heavy atom. The Kier molecular flexibility index (Phi) is 8.62. The van der Waals surface area contributed by atoms with Gasteiger partial charge in [0, 0.05) is 34.1 Å². The summed E-state index contributed by atoms with van der Waals surface area (Å²) in [5.74, 6) is -0.295. The van der Waals surface area contributed by atoms with E-state index >= 15 is 0 Å². The Hall–Kier alpha value is -2.56. The van der Waals surface area contributed by atoms with Crippen molar-refractivity contribution in [3.63, 3.8) is 0 Å². The first-order valence-electron chi connectivity index (χ1n) is 11.6. The second-order valence-electron chi connectivity index (χ2n) is 9.52. The van der Waals surface area contributed by atoms with Gasteiger partial charge in [0.05, 0.1) is 0 Å². The number of hydrogen-bond donors (Lipinski definition) is 1. The van der Waals surface area contributed by atoms with Gasteiger partial charge in [-0.3, -0.25) is 9.59 Å². The standard InChI is InChI=1S/C28H32Cl2N2O2/c1-5-25(27(34)31-28(2,3)4)32(18-22-23(29)14-9-15-24(22)30)26(33)17-16-20-12-8-11-19-10-6-7-13-21(19)20/h6-15,25H,5,16-18H2,1-4H3,(H,31,34)/t25-/m1/s1. The fourth-order valence-corrected chi connectivity index (χ4v) is 4.64. The van der Waals surface area contributed by atoms with Crippen LogP contribution in [-0.2, 0) is 22.6 Å². The van der Waals surface area contributed by atoms with Gasteiger partial charge in [-0.1, -0.05) is 78.7 Å². The second kappa shape index (κ2) is 11.2. The maximum Gasteiger partial charge on any atom is 0.243 e. The summed E-state index contributed by atoms with van der Waals surface area (Å²) in [7, 11) is 0. The van der Waals surface area contributed by atoms with Gasteiger partial charge in [0.1, 0.15) is 6.04 Å². The van der Waals surface area contributed by atoms with Crippen LogP contribution >= 0.6 is 23.2 Å². The summed E-state index contributed by atoms with van der Waals surface area (Å²) in [6, 6.07) is 18.9. The lowest BCUT2D eigenvalue weighted by atomic mass is 10.00. The molecule has 34 heavy (non-hydrogen) atoms. The van der Waals surface area contributed by atoms with Gasteiger partial charge < -0.3 is 10.2 Å². The van der Waals surface area contributed by atoms with Gasteiger partial charge in [-0.25, -0.2) is 0 Å². The van der Waals surface area contributed by atoms with Crippen molar-refractivity contribution in [1.29, 1.82) is 0 Å². The minimum absolute atomic E-state index is 0.111. The van der Waals surface area contributed by atoms with Gasteiger partial charge in [0.15, 0.2) is 0 Å². The van der Waals surface area contributed by atoms with Crippen LogP contribution in [0.3, 0.4) is 0 Å². The van der Waals surface area contributed by atoms with Crippen LogP contribution in [0.25, 0.3) is 10.8 Å². The highest BCUT2D eigenvalue weighted by Gasteiger charge is 2.31. The van der Waals surface area contributed by atoms with Crippen molar-refractivity contribution in [1.82, 2.24) is 10.2 Å². The van der Waals surface area contributed by atoms with E-state index in [1.807, 2.05) is 45.9 Å². The highest BCUT2D eigenvalue weighted by Crippen LogP contribution is 2.28. The van der Waals surface area contributed by atoms with Gasteiger partial charge in [0.25, 0.3) is 0 Å². The third kappa shape index (κ3) is 6.52. The topological polar surface area (TPSA) is 49.4 Å². The van der Waals surface area contributed by atoms with Crippen LogP contribution in [0.15, 0.2) is 60.7 Å². The quantitative estimate of drug-likeness (QED) is 0.371. The van der Waals surface area contributed by atoms with E-state index in [0.29, 0.717) is 28.5 Å². The van der Waals surface area contributed by atoms with E-state index in [-0.39, 0.29) is 24.8 Å². The molecule has 3 aromatic carbocycles. The molecule has 6 heteroatoms. The summed E-state index contributed by atoms with van der Waals surface area (Å²) in [5, 5.41) is 6.25. The van der Waals surface area contributed by atoms with Crippen LogP contribution in [0.2, 0.25) is 10.0 Å². The molecule has 0 fully saturated rings. The summed E-state index contributed by atoms with van der Waals surface area (Å²) in [6.07, 6.45) is 1.32. The Balaban J connectivity index is 1.89. The molecule has 3 rings (SSSR count). The lowest BCUT2D eigenvalue weighted by Crippen LogP contribution is -2.53. The lowest BCUT2D eigenvalue weighted by Gasteiger charge is -2.33. The molecule has 0 unspecified atom stereocenters. The Morgan fingerprint density at radius 1 is 0.941 bits per heavy atom. The Labute approximate surface area is 212 Å². The van der Waals surface area contributed by atoms with Crippen molar-refractivity contribution in [3.8, 4) is 0 Å². The molecule has 0 aliphatic heterocycles. The molecule has 1 atom stereocenters. The Bertz CT molecular complexity index is 1150. The van der Waals surface area contributed by atoms with E-state index in [1.54, 1.807) is 23.1 Å². The molecule has 3 aromatic rings. The van der Waals surface area contributed by atoms with Crippen LogP contribution in [-0.4, -0.2) is 28.3 Å². The number of nitrogens with one attached hydrogen (secondary N) is 1. The highest BCUT2D eigenvalue weighted by molar-refractivity contribution is 6.36. The van der Waals surface area contributed by atoms with Gasteiger partial charge in [-0.2, -0.15) is 0 Å². The van der Waals surface area contributed by atoms with Gasteiger partial charge in [-0.05, 0) is 62.1 Å². The number of nitrogens with zero attached hydrogens (tertiary/aromatic N) is 1. The van der Waals surface area contributed by atoms with E-state index in [9.17, 15) is 9.59 Å². The molecule has 2 amide bonds. The maximum absolute atomic E-state index is 13.6. The number of halogens is 2. The molecule has 180 valence electrons. The molecule has 0 aromatic heterocycles. The fraction of sp³-hybridized carbons (Fsp3) is 0.357. The molecule has 4 nitrogen and oxygen atoms in total. The minimum Gasteiger partial charge on any atom is -0.350 e. The zero-order valence-corrected chi connectivity index (χ0v) is 21.7. The van der Waals surface area contributed by atoms with Crippen molar-refractivity contribution in [2.45, 2.75) is 65.1 Å². The number of carbonyl (C=O) groups excluding carboxylic acids is 2. The summed E-state index contributed by atoms with van der Waals surface area (Å²) in [4.78, 5) is 28.4. The van der Waals surface area contributed by atoms with Crippen molar-refractivity contribution in [2.24, 2.45) is 0 Å². The maximum atomic E-state index is 13.6. The second-order valence-corrected chi connectivity index (χ2v) is 10.3. The molecule has 0 heterocycles. The summed E-state index contributed by atoms with van der Waals surface area (Å²) < 4.78 is 0. The molecule has 0 radical (unpaired) electrons. The number of fused-ring (bicyclic) bond motifs is 1. The van der Waals surface area contributed by atoms with E-state index in [2.05, 4.69) is 29.6 Å². The number of rotatable bonds is 8. The Morgan fingerprint density at radius 2 is 1.56 bits per heavy atom. The van der Waals surface area contributed by atoms with Gasteiger partial charge in [0.2, 0.25) is 11.8 Å². The van der Waals surface area contributed by atoms with Crippen LogP contribution < -0.4 is 5.32 Å². The molecule has 1 N–H and O–H groups in total. The number of aryl methyl sites for hydroxylation is 1. The zero-order valence-electron chi connectivity index (χ0n) is 20.2. The van der Waals surface area contributed by atoms with Crippen molar-refractivity contribution < 1.29 is 9.59 Å². The molecule has 0 aliphatic carbocycles. The molecule has 0 saturated heterocycles. The predicted molar refractivity (Wildman–Crippen MR) is 141 cm³/mol. The van der Waals surface area contributed by atoms with Gasteiger partial charge >= 0.3 is 0 Å². The molecule has 0 saturated carbocycles. The highest BCUT2D eigenvalue weighted by atomic mass is 35.5. The zero-order chi connectivity index (χ0) is 24.9. The summed E-state index contributed by atoms with van der Waals surface area (Å²) in [6.45, 7) is 7.86. The molecular weight excluding hydrogens is 467 g/mol. The average molecular weight is 499 g/mol. The first-order valence-corrected chi connectivity index (χ1v) is 12.4. The summed E-state index contributed by atoms with van der Waals surface area (Å²) in [5.41, 5.74) is 1.34. The normalized spacial score (nSPS) is 12.4. The van der Waals surface area contributed by atoms with Crippen molar-refractivity contribution in [2.75, 3.05) is 0 Å². The van der Waals surface area contributed by atoms with E-state index in [0.717, 1.165) is 16.3 Å². The van der Waals surface area contributed by atoms with E-state index in [4.69, 9.17) is 23.2 Å². The first-order chi connectivity index (χ1) is 16.1. The van der Waals surface area contributed by atoms with Crippen LogP contribution in [0.1, 0.15) is 51.7 Å². The monoisotopic (exact) mass is 498 g/mol. The predicted octanol–water partition coefficient (Wildman–Crippen LogP) is 6.80. The number of amides is 2. The van der Waals surface area contributed by atoms with E-state index in [1.165, 1.54) is 0 Å². The lowest BCUT2D eigenvalue weighted by molar-refractivity contribution is -0.142. The average Bonchev–Trinajstić information content (AvgIpc) is 2.78. The third-order valence-electron chi connectivity index (χ3n) is 5.76. The third-order valence-corrected chi connectivity index (χ3v) is 6.47. The summed E-state index contributed by atoms with van der Waals surface area (Å²) >= 11 is 12.9. The van der Waals surface area contributed by atoms with Crippen LogP contribution in [0.4, 0.5) is 0 Å². The van der Waals surface area contributed by atoms with Gasteiger partial charge in [-0.15, -0.1) is 0 Å². The first kappa shape index (κ1) is 26.1. The molecule has 0 bridgehead atoms. The van der Waals surface area contributed by atoms with E-state index < -0.39 is 11.6 Å². The molecule has 0 spiro atoms. The number of carbonyl (C=O) groups is 2.